The van der Waals surface area contributed by atoms with Crippen LogP contribution in [0.4, 0.5) is 5.69 Å². The van der Waals surface area contributed by atoms with Crippen molar-refractivity contribution >= 4 is 61.2 Å². The summed E-state index contributed by atoms with van der Waals surface area (Å²) >= 11 is 0. The van der Waals surface area contributed by atoms with Gasteiger partial charge in [0, 0.05) is 32.7 Å². The lowest BCUT2D eigenvalue weighted by atomic mass is 10.0. The number of ether oxygens (including phenoxy) is 2. The van der Waals surface area contributed by atoms with Crippen LogP contribution in [0.15, 0.2) is 243 Å². The van der Waals surface area contributed by atoms with Crippen molar-refractivity contribution in [3.8, 4) is 56.7 Å². The largest absolute Gasteiger partial charge is 0.457 e. The topological polar surface area (TPSA) is 105 Å². The molecule has 0 amide bonds. The number of nitrogens with zero attached hydrogens (tertiary/aromatic N) is 6. The molecule has 0 spiro atoms. The van der Waals surface area contributed by atoms with Crippen LogP contribution in [0.5, 0.6) is 0 Å². The van der Waals surface area contributed by atoms with Gasteiger partial charge in [0.25, 0.3) is 0 Å². The Morgan fingerprint density at radius 3 is 1.26 bits per heavy atom. The molecule has 370 valence electrons. The van der Waals surface area contributed by atoms with E-state index in [-0.39, 0.29) is 13.2 Å². The van der Waals surface area contributed by atoms with Crippen LogP contribution in [0.2, 0.25) is 0 Å². The van der Waals surface area contributed by atoms with Crippen LogP contribution in [0.25, 0.3) is 105 Å². The van der Waals surface area contributed by atoms with Crippen molar-refractivity contribution in [2.24, 2.45) is 0 Å². The van der Waals surface area contributed by atoms with E-state index in [1.54, 1.807) is 24.3 Å². The molecule has 0 saturated carbocycles. The minimum absolute atomic E-state index is 0.108. The molecule has 0 aliphatic heterocycles. The molecule has 10 heteroatoms. The first-order valence-corrected chi connectivity index (χ1v) is 25.5. The maximum atomic E-state index is 13.7. The fourth-order valence-corrected chi connectivity index (χ4v) is 10.3. The van der Waals surface area contributed by atoms with Crippen molar-refractivity contribution in [3.63, 3.8) is 0 Å². The van der Waals surface area contributed by atoms with Crippen LogP contribution < -0.4 is 0 Å². The van der Waals surface area contributed by atoms with Gasteiger partial charge in [-0.15, -0.1) is 0 Å². The lowest BCUT2D eigenvalue weighted by Gasteiger charge is -2.14. The summed E-state index contributed by atoms with van der Waals surface area (Å²) in [4.78, 5) is 47.0. The van der Waals surface area contributed by atoms with Crippen LogP contribution in [0.3, 0.4) is 0 Å². The minimum Gasteiger partial charge on any atom is -0.457 e. The molecule has 0 bridgehead atoms. The van der Waals surface area contributed by atoms with E-state index in [9.17, 15) is 9.59 Å². The van der Waals surface area contributed by atoms with Gasteiger partial charge in [-0.1, -0.05) is 170 Å². The normalized spacial score (nSPS) is 11.3. The summed E-state index contributed by atoms with van der Waals surface area (Å²) in [5, 5.41) is 3.46. The van der Waals surface area contributed by atoms with Gasteiger partial charge in [0.15, 0.2) is 11.6 Å². The quantitative estimate of drug-likeness (QED) is 0.0886. The average Bonchev–Trinajstić information content (AvgIpc) is 4.05. The zero-order chi connectivity index (χ0) is 52.5. The monoisotopic (exact) mass is 1010 g/mol. The molecule has 0 unspecified atom stereocenters. The maximum absolute atomic E-state index is 13.7. The molecule has 0 N–H and O–H groups in total. The van der Waals surface area contributed by atoms with Gasteiger partial charge in [0.2, 0.25) is 11.6 Å². The van der Waals surface area contributed by atoms with Crippen molar-refractivity contribution < 1.29 is 19.1 Å². The van der Waals surface area contributed by atoms with Gasteiger partial charge in [0.05, 0.1) is 45.5 Å². The summed E-state index contributed by atoms with van der Waals surface area (Å²) in [5.41, 5.74) is 12.4. The van der Waals surface area contributed by atoms with E-state index in [0.29, 0.717) is 67.5 Å². The van der Waals surface area contributed by atoms with Crippen molar-refractivity contribution in [2.45, 2.75) is 13.2 Å². The number of hydrogen-bond acceptors (Lipinski definition) is 7. The van der Waals surface area contributed by atoms with Crippen LogP contribution in [0, 0.1) is 6.57 Å². The van der Waals surface area contributed by atoms with Crippen LogP contribution in [0.1, 0.15) is 31.8 Å². The van der Waals surface area contributed by atoms with E-state index in [1.807, 2.05) is 138 Å². The predicted octanol–water partition coefficient (Wildman–Crippen LogP) is 16.0. The minimum atomic E-state index is -0.493. The third-order valence-corrected chi connectivity index (χ3v) is 14.1. The number of fused-ring (bicyclic) bond motifs is 6. The van der Waals surface area contributed by atoms with Gasteiger partial charge < -0.3 is 14.0 Å². The smallest absolute Gasteiger partial charge is 0.338 e. The molecule has 78 heavy (non-hydrogen) atoms. The molecule has 0 radical (unpaired) electrons. The van der Waals surface area contributed by atoms with Gasteiger partial charge in [0.1, 0.15) is 13.2 Å². The number of benzene rings is 10. The molecule has 0 fully saturated rings. The Morgan fingerprint density at radius 2 is 0.782 bits per heavy atom. The summed E-state index contributed by atoms with van der Waals surface area (Å²) < 4.78 is 15.6. The van der Waals surface area contributed by atoms with Crippen molar-refractivity contribution in [3.05, 3.63) is 276 Å². The Balaban J connectivity index is 0.947. The van der Waals surface area contributed by atoms with Gasteiger partial charge in [-0.2, -0.15) is 9.97 Å². The highest BCUT2D eigenvalue weighted by Gasteiger charge is 2.23. The molecule has 0 aliphatic carbocycles. The number of carbonyl (C=O) groups is 2. The lowest BCUT2D eigenvalue weighted by molar-refractivity contribution is 0.0464. The third-order valence-electron chi connectivity index (χ3n) is 14.1. The highest BCUT2D eigenvalue weighted by Crippen LogP contribution is 2.40. The summed E-state index contributed by atoms with van der Waals surface area (Å²) in [6, 6.07) is 79.0. The van der Waals surface area contributed by atoms with E-state index in [0.717, 1.165) is 60.8 Å². The Labute approximate surface area is 448 Å². The Bertz CT molecular complexity index is 4270. The number of carbonyl (C=O) groups excluding carboxylic acids is 2. The number of aromatic nitrogens is 5. The van der Waals surface area contributed by atoms with Gasteiger partial charge in [-0.05, 0) is 106 Å². The highest BCUT2D eigenvalue weighted by atomic mass is 16.5. The fourth-order valence-electron chi connectivity index (χ4n) is 10.3. The number of esters is 2. The molecule has 3 heterocycles. The molecule has 0 atom stereocenters. The second-order valence-corrected chi connectivity index (χ2v) is 18.9. The second-order valence-electron chi connectivity index (χ2n) is 18.9. The standard InChI is InChI=1S/C68H44N6O4/c1-69-58-41-51(29-36-63(58)73-59-34-30-52(66(75)77-42-44-17-7-2-8-18-44)39-56(59)57-40-53(31-35-60(57)73)67(76)78-43-45-19-9-3-10-20-45)65-70-64(48-25-15-6-16-26-48)71-68(72-65)74-61-32-27-49(46-21-11-4-12-22-46)37-54(61)55-38-50(28-33-62(55)74)47-23-13-5-14-24-47/h2-41H,42-43H2. The molecule has 13 rings (SSSR count). The Kier molecular flexibility index (Phi) is 12.1. The van der Waals surface area contributed by atoms with Gasteiger partial charge >= 0.3 is 11.9 Å². The van der Waals surface area contributed by atoms with Gasteiger partial charge in [-0.3, -0.25) is 4.57 Å². The first-order valence-electron chi connectivity index (χ1n) is 25.5. The first kappa shape index (κ1) is 47.0. The third kappa shape index (κ3) is 8.87. The summed E-state index contributed by atoms with van der Waals surface area (Å²) in [7, 11) is 0. The van der Waals surface area contributed by atoms with Crippen LogP contribution >= 0.6 is 0 Å². The van der Waals surface area contributed by atoms with Crippen molar-refractivity contribution in [1.82, 2.24) is 24.1 Å². The van der Waals surface area contributed by atoms with Crippen LogP contribution in [-0.2, 0) is 22.7 Å². The summed E-state index contributed by atoms with van der Waals surface area (Å²) in [6.07, 6.45) is 0. The maximum Gasteiger partial charge on any atom is 0.338 e. The molecule has 3 aromatic heterocycles. The van der Waals surface area contributed by atoms with Gasteiger partial charge in [-0.25, -0.2) is 19.4 Å². The molecule has 13 aromatic rings. The van der Waals surface area contributed by atoms with Crippen LogP contribution in [-0.4, -0.2) is 36.0 Å². The first-order chi connectivity index (χ1) is 38.4. The molecule has 0 aliphatic rings. The van der Waals surface area contributed by atoms with E-state index < -0.39 is 11.9 Å². The van der Waals surface area contributed by atoms with E-state index in [4.69, 9.17) is 31.0 Å². The van der Waals surface area contributed by atoms with E-state index >= 15 is 0 Å². The Hall–Kier alpha value is -10.8. The fraction of sp³-hybridized carbons (Fsp3) is 0.0294. The molecule has 10 aromatic carbocycles. The number of hydrogen-bond donors (Lipinski definition) is 0. The SMILES string of the molecule is [C-]#[N+]c1cc(-c2nc(-c3ccccc3)nc(-n3c4ccc(-c5ccccc5)cc4c4cc(-c5ccccc5)ccc43)n2)ccc1-n1c2ccc(C(=O)OCc3ccccc3)cc2c2cc(C(=O)OCc3ccccc3)ccc21. The van der Waals surface area contributed by atoms with E-state index in [1.165, 1.54) is 0 Å². The Morgan fingerprint density at radius 1 is 0.385 bits per heavy atom. The van der Waals surface area contributed by atoms with Crippen molar-refractivity contribution in [2.75, 3.05) is 0 Å². The summed E-state index contributed by atoms with van der Waals surface area (Å²) in [6.45, 7) is 8.90. The zero-order valence-electron chi connectivity index (χ0n) is 41.8. The highest BCUT2D eigenvalue weighted by molar-refractivity contribution is 6.14. The molecular formula is C68H44N6O4. The van der Waals surface area contributed by atoms with Crippen molar-refractivity contribution in [1.29, 1.82) is 0 Å². The average molecular weight is 1010 g/mol. The molecular weight excluding hydrogens is 965 g/mol. The second kappa shape index (κ2) is 20.2. The molecule has 0 saturated heterocycles. The molecule has 10 nitrogen and oxygen atoms in total. The number of rotatable bonds is 12. The lowest BCUT2D eigenvalue weighted by Crippen LogP contribution is -2.06. The summed E-state index contributed by atoms with van der Waals surface area (Å²) in [5.74, 6) is 0.289. The zero-order valence-corrected chi connectivity index (χ0v) is 41.8. The predicted molar refractivity (Wildman–Crippen MR) is 308 cm³/mol. The van der Waals surface area contributed by atoms with E-state index in [2.05, 4.69) is 94.3 Å².